The van der Waals surface area contributed by atoms with Gasteiger partial charge in [0.1, 0.15) is 0 Å². The minimum Gasteiger partial charge on any atom is -0.392 e. The van der Waals surface area contributed by atoms with Crippen molar-refractivity contribution in [1.82, 2.24) is 0 Å². The van der Waals surface area contributed by atoms with E-state index in [-0.39, 0.29) is 41.5 Å². The van der Waals surface area contributed by atoms with E-state index in [9.17, 15) is 10.2 Å². The number of aliphatic hydroxyl groups excluding tert-OH is 2. The molecule has 4 nitrogen and oxygen atoms in total. The molecule has 6 unspecified atom stereocenters. The third kappa shape index (κ3) is 2.82. The van der Waals surface area contributed by atoms with E-state index in [1.165, 1.54) is 0 Å². The van der Waals surface area contributed by atoms with Gasteiger partial charge in [-0.15, -0.1) is 0 Å². The quantitative estimate of drug-likeness (QED) is 0.602. The van der Waals surface area contributed by atoms with Crippen molar-refractivity contribution in [2.24, 2.45) is 28.7 Å². The summed E-state index contributed by atoms with van der Waals surface area (Å²) in [6, 6.07) is -0.315. The molecule has 0 aromatic carbocycles. The molecule has 0 saturated heterocycles. The molecule has 2 fully saturated rings. The molecule has 0 radical (unpaired) electrons. The molecule has 2 rings (SSSR count). The summed E-state index contributed by atoms with van der Waals surface area (Å²) in [7, 11) is 0. The molecule has 0 spiro atoms. The zero-order valence-corrected chi connectivity index (χ0v) is 12.3. The molecule has 19 heavy (non-hydrogen) atoms. The van der Waals surface area contributed by atoms with Crippen molar-refractivity contribution in [3.05, 3.63) is 0 Å². The van der Waals surface area contributed by atoms with E-state index < -0.39 is 0 Å². The predicted molar refractivity (Wildman–Crippen MR) is 76.4 cm³/mol. The predicted octanol–water partition coefficient (Wildman–Crippen LogP) is 0.989. The van der Waals surface area contributed by atoms with E-state index >= 15 is 0 Å². The van der Waals surface area contributed by atoms with Gasteiger partial charge < -0.3 is 21.7 Å². The average molecular weight is 270 g/mol. The van der Waals surface area contributed by atoms with Crippen LogP contribution in [0.25, 0.3) is 0 Å². The van der Waals surface area contributed by atoms with E-state index in [1.54, 1.807) is 0 Å². The summed E-state index contributed by atoms with van der Waals surface area (Å²) >= 11 is 0. The standard InChI is InChI=1S/C15H30N2O2/c1-15(2,9-5-3-7-11(18)13(9)16)10-6-4-8-12(19)14(10)17/h9-14,18-19H,3-8,16-17H2,1-2H3. The zero-order valence-electron chi connectivity index (χ0n) is 12.3. The molecule has 0 amide bonds. The number of nitrogens with two attached hydrogens (primary N) is 2. The van der Waals surface area contributed by atoms with Gasteiger partial charge >= 0.3 is 0 Å². The van der Waals surface area contributed by atoms with Crippen LogP contribution in [0.3, 0.4) is 0 Å². The maximum Gasteiger partial charge on any atom is 0.0694 e. The van der Waals surface area contributed by atoms with Gasteiger partial charge in [-0.1, -0.05) is 26.7 Å². The molecule has 112 valence electrons. The van der Waals surface area contributed by atoms with Crippen molar-refractivity contribution in [2.45, 2.75) is 76.7 Å². The van der Waals surface area contributed by atoms with Gasteiger partial charge in [0.2, 0.25) is 0 Å². The first-order chi connectivity index (χ1) is 8.85. The van der Waals surface area contributed by atoms with Gasteiger partial charge in [-0.25, -0.2) is 0 Å². The lowest BCUT2D eigenvalue weighted by molar-refractivity contribution is -0.0387. The van der Waals surface area contributed by atoms with Gasteiger partial charge in [0, 0.05) is 12.1 Å². The van der Waals surface area contributed by atoms with Gasteiger partial charge in [-0.3, -0.25) is 0 Å². The van der Waals surface area contributed by atoms with Crippen LogP contribution >= 0.6 is 0 Å². The number of rotatable bonds is 2. The topological polar surface area (TPSA) is 92.5 Å². The van der Waals surface area contributed by atoms with E-state index in [4.69, 9.17) is 11.5 Å². The zero-order chi connectivity index (χ0) is 14.2. The fourth-order valence-electron chi connectivity index (χ4n) is 4.41. The first-order valence-electron chi connectivity index (χ1n) is 7.73. The summed E-state index contributed by atoms with van der Waals surface area (Å²) in [4.78, 5) is 0. The number of hydrogen-bond donors (Lipinski definition) is 4. The van der Waals surface area contributed by atoms with Crippen LogP contribution in [-0.2, 0) is 0 Å². The molecule has 0 bridgehead atoms. The Hall–Kier alpha value is -0.160. The van der Waals surface area contributed by atoms with E-state index in [0.717, 1.165) is 38.5 Å². The van der Waals surface area contributed by atoms with Gasteiger partial charge in [0.05, 0.1) is 12.2 Å². The molecule has 0 aromatic heterocycles. The average Bonchev–Trinajstić information content (AvgIpc) is 2.35. The minimum absolute atomic E-state index is 0.0262. The second-order valence-corrected chi connectivity index (χ2v) is 7.19. The van der Waals surface area contributed by atoms with E-state index in [0.29, 0.717) is 0 Å². The van der Waals surface area contributed by atoms with Crippen LogP contribution in [0, 0.1) is 17.3 Å². The maximum atomic E-state index is 10.0. The van der Waals surface area contributed by atoms with E-state index in [2.05, 4.69) is 13.8 Å². The molecule has 0 aliphatic heterocycles. The summed E-state index contributed by atoms with van der Waals surface area (Å²) in [6.07, 6.45) is 5.04. The highest BCUT2D eigenvalue weighted by molar-refractivity contribution is 5.00. The lowest BCUT2D eigenvalue weighted by Gasteiger charge is -2.51. The molecule has 0 aromatic rings. The second kappa shape index (κ2) is 5.68. The van der Waals surface area contributed by atoms with Crippen molar-refractivity contribution in [3.8, 4) is 0 Å². The molecular formula is C15H30N2O2. The fraction of sp³-hybridized carbons (Fsp3) is 1.00. The van der Waals surface area contributed by atoms with Crippen LogP contribution in [0.15, 0.2) is 0 Å². The highest BCUT2D eigenvalue weighted by Gasteiger charge is 2.47. The van der Waals surface area contributed by atoms with Crippen LogP contribution in [0.2, 0.25) is 0 Å². The van der Waals surface area contributed by atoms with Crippen molar-refractivity contribution in [2.75, 3.05) is 0 Å². The fourth-order valence-corrected chi connectivity index (χ4v) is 4.41. The molecule has 0 heterocycles. The molecule has 4 heteroatoms. The molecular weight excluding hydrogens is 240 g/mol. The van der Waals surface area contributed by atoms with Crippen LogP contribution in [0.5, 0.6) is 0 Å². The third-order valence-electron chi connectivity index (χ3n) is 5.76. The molecule has 6 N–H and O–H groups in total. The van der Waals surface area contributed by atoms with Crippen molar-refractivity contribution >= 4 is 0 Å². The van der Waals surface area contributed by atoms with Gasteiger partial charge in [0.25, 0.3) is 0 Å². The summed E-state index contributed by atoms with van der Waals surface area (Å²) in [5, 5.41) is 20.0. The minimum atomic E-state index is -0.386. The van der Waals surface area contributed by atoms with Crippen LogP contribution in [0.1, 0.15) is 52.4 Å². The molecule has 6 atom stereocenters. The van der Waals surface area contributed by atoms with Gasteiger partial charge in [0.15, 0.2) is 0 Å². The second-order valence-electron chi connectivity index (χ2n) is 7.19. The Morgan fingerprint density at radius 2 is 1.16 bits per heavy atom. The number of hydrogen-bond acceptors (Lipinski definition) is 4. The monoisotopic (exact) mass is 270 g/mol. The first kappa shape index (κ1) is 15.2. The Balaban J connectivity index is 2.15. The molecule has 2 aliphatic carbocycles. The number of aliphatic hydroxyl groups is 2. The Kier molecular flexibility index (Phi) is 4.56. The Labute approximate surface area is 116 Å². The van der Waals surface area contributed by atoms with Crippen LogP contribution < -0.4 is 11.5 Å². The molecule has 2 saturated carbocycles. The summed E-state index contributed by atoms with van der Waals surface area (Å²) < 4.78 is 0. The highest BCUT2D eigenvalue weighted by atomic mass is 16.3. The Bertz CT molecular complexity index is 281. The summed E-state index contributed by atoms with van der Waals surface area (Å²) in [5.74, 6) is 0.579. The van der Waals surface area contributed by atoms with Gasteiger partial charge in [-0.05, 0) is 42.9 Å². The van der Waals surface area contributed by atoms with Crippen LogP contribution in [-0.4, -0.2) is 34.5 Å². The highest BCUT2D eigenvalue weighted by Crippen LogP contribution is 2.47. The third-order valence-corrected chi connectivity index (χ3v) is 5.76. The largest absolute Gasteiger partial charge is 0.392 e. The normalized spacial score (nSPS) is 45.2. The Morgan fingerprint density at radius 3 is 1.53 bits per heavy atom. The SMILES string of the molecule is CC(C)(C1CCCC(O)C1N)C1CCCC(O)C1N. The lowest BCUT2D eigenvalue weighted by atomic mass is 9.57. The van der Waals surface area contributed by atoms with Gasteiger partial charge in [-0.2, -0.15) is 0 Å². The molecule has 2 aliphatic rings. The summed E-state index contributed by atoms with van der Waals surface area (Å²) in [5.41, 5.74) is 12.5. The van der Waals surface area contributed by atoms with Crippen molar-refractivity contribution in [3.63, 3.8) is 0 Å². The van der Waals surface area contributed by atoms with Crippen LogP contribution in [0.4, 0.5) is 0 Å². The van der Waals surface area contributed by atoms with E-state index in [1.807, 2.05) is 0 Å². The maximum absolute atomic E-state index is 10.0. The summed E-state index contributed by atoms with van der Waals surface area (Å²) in [6.45, 7) is 4.44. The van der Waals surface area contributed by atoms with Crippen molar-refractivity contribution in [1.29, 1.82) is 0 Å². The lowest BCUT2D eigenvalue weighted by Crippen LogP contribution is -2.57. The first-order valence-corrected chi connectivity index (χ1v) is 7.73. The van der Waals surface area contributed by atoms with Crippen molar-refractivity contribution < 1.29 is 10.2 Å². The Morgan fingerprint density at radius 1 is 0.789 bits per heavy atom. The smallest absolute Gasteiger partial charge is 0.0694 e.